The van der Waals surface area contributed by atoms with Crippen LogP contribution in [0.3, 0.4) is 0 Å². The van der Waals surface area contributed by atoms with Crippen LogP contribution in [0.25, 0.3) is 10.1 Å². The largest absolute Gasteiger partial charge is 0.138 e. The van der Waals surface area contributed by atoms with E-state index in [1.165, 1.54) is 10.1 Å². The fourth-order valence-electron chi connectivity index (χ4n) is 1.03. The van der Waals surface area contributed by atoms with Gasteiger partial charge in [-0.15, -0.1) is 22.9 Å². The van der Waals surface area contributed by atoms with Gasteiger partial charge in [0.2, 0.25) is 0 Å². The average molecular weight is 181 g/mol. The monoisotopic (exact) mass is 180 g/mol. The average Bonchev–Trinajstić information content (AvgIpc) is 2.46. The van der Waals surface area contributed by atoms with Crippen molar-refractivity contribution in [3.05, 3.63) is 41.1 Å². The Labute approximate surface area is 74.4 Å². The minimum absolute atomic E-state index is 0.993. The van der Waals surface area contributed by atoms with Crippen LogP contribution in [0.2, 0.25) is 0 Å². The van der Waals surface area contributed by atoms with E-state index in [2.05, 4.69) is 18.0 Å². The lowest BCUT2D eigenvalue weighted by Crippen LogP contribution is -1.58. The Bertz CT molecular complexity index is 331. The molecule has 1 aromatic carbocycles. The minimum atomic E-state index is 0.993. The first-order chi connectivity index (χ1) is 5.40. The third-order valence-corrected chi connectivity index (χ3v) is 2.87. The maximum Gasteiger partial charge on any atom is 0.131 e. The number of rotatable bonds is 1. The van der Waals surface area contributed by atoms with Crippen LogP contribution >= 0.6 is 22.9 Å². The fourth-order valence-corrected chi connectivity index (χ4v) is 2.05. The summed E-state index contributed by atoms with van der Waals surface area (Å²) < 4.78 is 1.26. The molecular weight excluding hydrogens is 176 g/mol. The Kier molecular flexibility index (Phi) is 1.84. The summed E-state index contributed by atoms with van der Waals surface area (Å²) in [6, 6.07) is 10.2. The van der Waals surface area contributed by atoms with Crippen molar-refractivity contribution in [3.63, 3.8) is 0 Å². The lowest BCUT2D eigenvalue weighted by molar-refractivity contribution is 1.82. The number of hydrogen-bond acceptors (Lipinski definition) is 1. The summed E-state index contributed by atoms with van der Waals surface area (Å²) in [5.74, 6) is 2.61. The zero-order valence-corrected chi connectivity index (χ0v) is 7.25. The molecule has 0 fully saturated rings. The first-order valence-corrected chi connectivity index (χ1v) is 4.45. The fraction of sp³-hybridized carbons (Fsp3) is 0. The first kappa shape index (κ1) is 7.14. The standard InChI is InChI=1S/C9H5ClS/c10-6-8-5-7-3-1-2-4-9(7)11-8/h1-5H. The van der Waals surface area contributed by atoms with E-state index in [1.54, 1.807) is 11.3 Å². The molecule has 2 heteroatoms. The molecule has 0 saturated heterocycles. The van der Waals surface area contributed by atoms with E-state index in [1.807, 2.05) is 18.2 Å². The van der Waals surface area contributed by atoms with Gasteiger partial charge in [-0.2, -0.15) is 0 Å². The molecule has 0 saturated carbocycles. The normalized spacial score (nSPS) is 10.6. The molecule has 0 unspecified atom stereocenters. The Balaban J connectivity index is 2.69. The Morgan fingerprint density at radius 1 is 1.27 bits per heavy atom. The first-order valence-electron chi connectivity index (χ1n) is 3.25. The van der Waals surface area contributed by atoms with Gasteiger partial charge in [0.1, 0.15) is 5.88 Å². The molecule has 2 rings (SSSR count). The van der Waals surface area contributed by atoms with Crippen LogP contribution in [0, 0.1) is 5.88 Å². The van der Waals surface area contributed by atoms with E-state index in [0.29, 0.717) is 0 Å². The Morgan fingerprint density at radius 3 is 2.82 bits per heavy atom. The molecule has 1 aromatic heterocycles. The molecule has 0 bridgehead atoms. The van der Waals surface area contributed by atoms with Crippen LogP contribution < -0.4 is 0 Å². The maximum absolute atomic E-state index is 5.46. The highest BCUT2D eigenvalue weighted by molar-refractivity contribution is 7.19. The molecular formula is C9H5ClS. The summed E-state index contributed by atoms with van der Waals surface area (Å²) >= 11 is 7.11. The number of benzene rings is 1. The summed E-state index contributed by atoms with van der Waals surface area (Å²) in [4.78, 5) is 0.993. The van der Waals surface area contributed by atoms with Crippen molar-refractivity contribution >= 4 is 33.0 Å². The maximum atomic E-state index is 5.46. The van der Waals surface area contributed by atoms with Crippen LogP contribution in [0.1, 0.15) is 4.88 Å². The predicted molar refractivity (Wildman–Crippen MR) is 50.0 cm³/mol. The van der Waals surface area contributed by atoms with Crippen molar-refractivity contribution in [2.45, 2.75) is 0 Å². The van der Waals surface area contributed by atoms with E-state index >= 15 is 0 Å². The van der Waals surface area contributed by atoms with Gasteiger partial charge in [0.05, 0.1) is 0 Å². The molecule has 54 valence electrons. The zero-order valence-electron chi connectivity index (χ0n) is 5.67. The van der Waals surface area contributed by atoms with Crippen LogP contribution in [-0.2, 0) is 0 Å². The molecule has 0 aliphatic rings. The second kappa shape index (κ2) is 2.84. The van der Waals surface area contributed by atoms with Crippen LogP contribution in [0.4, 0.5) is 0 Å². The van der Waals surface area contributed by atoms with E-state index in [9.17, 15) is 0 Å². The van der Waals surface area contributed by atoms with Crippen molar-refractivity contribution in [2.24, 2.45) is 0 Å². The molecule has 0 aliphatic heterocycles. The molecule has 0 spiro atoms. The van der Waals surface area contributed by atoms with Crippen molar-refractivity contribution in [2.75, 3.05) is 0 Å². The quantitative estimate of drug-likeness (QED) is 0.630. The zero-order chi connectivity index (χ0) is 7.68. The van der Waals surface area contributed by atoms with Gasteiger partial charge in [0.15, 0.2) is 0 Å². The summed E-state index contributed by atoms with van der Waals surface area (Å²) in [7, 11) is 0. The molecule has 11 heavy (non-hydrogen) atoms. The lowest BCUT2D eigenvalue weighted by Gasteiger charge is -1.82. The van der Waals surface area contributed by atoms with Crippen molar-refractivity contribution in [3.8, 4) is 0 Å². The Hall–Kier alpha value is -0.530. The highest BCUT2D eigenvalue weighted by Gasteiger charge is 1.98. The van der Waals surface area contributed by atoms with Crippen LogP contribution in [-0.4, -0.2) is 0 Å². The topological polar surface area (TPSA) is 0 Å². The predicted octanol–water partition coefficient (Wildman–Crippen LogP) is 3.53. The van der Waals surface area contributed by atoms with Crippen molar-refractivity contribution in [1.29, 1.82) is 0 Å². The Morgan fingerprint density at radius 2 is 2.09 bits per heavy atom. The molecule has 0 atom stereocenters. The van der Waals surface area contributed by atoms with Crippen LogP contribution in [0.5, 0.6) is 0 Å². The van der Waals surface area contributed by atoms with Gasteiger partial charge in [-0.05, 0) is 17.5 Å². The van der Waals surface area contributed by atoms with Gasteiger partial charge in [-0.1, -0.05) is 18.2 Å². The highest BCUT2D eigenvalue weighted by atomic mass is 35.5. The van der Waals surface area contributed by atoms with E-state index in [-0.39, 0.29) is 0 Å². The third kappa shape index (κ3) is 1.26. The van der Waals surface area contributed by atoms with Gasteiger partial charge >= 0.3 is 0 Å². The molecule has 0 aliphatic carbocycles. The molecule has 0 N–H and O–H groups in total. The highest BCUT2D eigenvalue weighted by Crippen LogP contribution is 2.26. The molecule has 2 radical (unpaired) electrons. The third-order valence-electron chi connectivity index (χ3n) is 1.52. The van der Waals surface area contributed by atoms with E-state index in [4.69, 9.17) is 11.6 Å². The summed E-state index contributed by atoms with van der Waals surface area (Å²) in [5, 5.41) is 1.24. The number of thiophene rings is 1. The number of hydrogen-bond donors (Lipinski definition) is 0. The van der Waals surface area contributed by atoms with Crippen LogP contribution in [0.15, 0.2) is 30.3 Å². The molecule has 1 heterocycles. The van der Waals surface area contributed by atoms with Crippen molar-refractivity contribution in [1.82, 2.24) is 0 Å². The second-order valence-corrected chi connectivity index (χ2v) is 3.52. The van der Waals surface area contributed by atoms with Gasteiger partial charge in [-0.3, -0.25) is 0 Å². The van der Waals surface area contributed by atoms with Gasteiger partial charge < -0.3 is 0 Å². The van der Waals surface area contributed by atoms with Crippen molar-refractivity contribution < 1.29 is 0 Å². The van der Waals surface area contributed by atoms with Gasteiger partial charge in [0, 0.05) is 9.58 Å². The summed E-state index contributed by atoms with van der Waals surface area (Å²) in [6.45, 7) is 0. The van der Waals surface area contributed by atoms with E-state index in [0.717, 1.165) is 4.88 Å². The summed E-state index contributed by atoms with van der Waals surface area (Å²) in [6.07, 6.45) is 0. The minimum Gasteiger partial charge on any atom is -0.138 e. The summed E-state index contributed by atoms with van der Waals surface area (Å²) in [5.41, 5.74) is 0. The smallest absolute Gasteiger partial charge is 0.131 e. The second-order valence-electron chi connectivity index (χ2n) is 2.24. The molecule has 0 nitrogen and oxygen atoms in total. The lowest BCUT2D eigenvalue weighted by atomic mass is 10.2. The number of fused-ring (bicyclic) bond motifs is 1. The molecule has 0 amide bonds. The number of halogens is 1. The van der Waals surface area contributed by atoms with E-state index < -0.39 is 0 Å². The van der Waals surface area contributed by atoms with Gasteiger partial charge in [-0.25, -0.2) is 0 Å². The SMILES string of the molecule is Cl[C]c1cc2ccccc2s1. The molecule has 2 aromatic rings. The van der Waals surface area contributed by atoms with Gasteiger partial charge in [0.25, 0.3) is 0 Å².